The van der Waals surface area contributed by atoms with E-state index < -0.39 is 50.8 Å². The first-order chi connectivity index (χ1) is 17.5. The molecule has 1 aliphatic heterocycles. The molecule has 4 N–H and O–H groups in total. The molecule has 5 rings (SSSR count). The van der Waals surface area contributed by atoms with Crippen LogP contribution < -0.4 is 15.8 Å². The highest BCUT2D eigenvalue weighted by molar-refractivity contribution is 8.26. The molecule has 3 atom stereocenters. The zero-order valence-electron chi connectivity index (χ0n) is 19.9. The van der Waals surface area contributed by atoms with Crippen LogP contribution in [-0.4, -0.2) is 51.6 Å². The van der Waals surface area contributed by atoms with E-state index in [9.17, 15) is 28.3 Å². The summed E-state index contributed by atoms with van der Waals surface area (Å²) in [5.41, 5.74) is -3.70. The fraction of sp³-hybridized carbons (Fsp3) is 0.375. The maximum Gasteiger partial charge on any atom is 0.316 e. The highest BCUT2D eigenvalue weighted by Crippen LogP contribution is 2.69. The maximum absolute atomic E-state index is 14.0. The van der Waals surface area contributed by atoms with E-state index >= 15 is 0 Å². The number of methoxy groups -OCH3 is 1. The molecule has 1 aromatic heterocycles. The number of hydrogen-bond donors (Lipinski definition) is 4. The number of nitrogens with zero attached hydrogens (tertiary/aromatic N) is 2. The minimum atomic E-state index is -1.16. The van der Waals surface area contributed by atoms with Crippen molar-refractivity contribution in [1.82, 2.24) is 9.99 Å². The van der Waals surface area contributed by atoms with Crippen molar-refractivity contribution in [3.05, 3.63) is 63.1 Å². The average molecular weight is 532 g/mol. The molecule has 2 saturated carbocycles. The van der Waals surface area contributed by atoms with Gasteiger partial charge in [0.25, 0.3) is 5.91 Å². The summed E-state index contributed by atoms with van der Waals surface area (Å²) < 4.78 is 33.5. The van der Waals surface area contributed by atoms with E-state index in [-0.39, 0.29) is 34.2 Å². The number of nitrogens with one attached hydrogen (secondary N) is 3. The van der Waals surface area contributed by atoms with Crippen molar-refractivity contribution in [2.75, 3.05) is 19.2 Å². The number of esters is 1. The molecule has 10 nitrogen and oxygen atoms in total. The van der Waals surface area contributed by atoms with E-state index in [1.807, 2.05) is 0 Å². The van der Waals surface area contributed by atoms with Crippen LogP contribution in [0, 0.1) is 33.8 Å². The van der Waals surface area contributed by atoms with Gasteiger partial charge in [-0.1, -0.05) is 17.8 Å². The number of halogens is 2. The standard InChI is InChI=1S/C24H23F2N5O5S/c1-30-24(6-5-12-9-23(12,24)22(35)36-2)29-21(34)17-19(33)18(32)14(10-31(17)30)20(28)37-16(27)7-11-3-4-13(25)8-15(11)26/h3-4,8,10,12,27-28,33H,5-7,9H2,1-2H3,(H,29,34). The van der Waals surface area contributed by atoms with E-state index in [4.69, 9.17) is 15.6 Å². The van der Waals surface area contributed by atoms with Crippen LogP contribution in [-0.2, 0) is 16.0 Å². The fourth-order valence-electron chi connectivity index (χ4n) is 5.78. The summed E-state index contributed by atoms with van der Waals surface area (Å²) in [6.45, 7) is 0. The van der Waals surface area contributed by atoms with Crippen molar-refractivity contribution < 1.29 is 28.2 Å². The molecule has 1 aromatic carbocycles. The number of fused-ring (bicyclic) bond motifs is 3. The first-order valence-corrected chi connectivity index (χ1v) is 12.2. The van der Waals surface area contributed by atoms with Gasteiger partial charge in [-0.3, -0.25) is 34.9 Å². The smallest absolute Gasteiger partial charge is 0.316 e. The summed E-state index contributed by atoms with van der Waals surface area (Å²) in [5.74, 6) is -3.66. The Hall–Kier alpha value is -3.74. The number of rotatable bonds is 4. The van der Waals surface area contributed by atoms with E-state index in [0.717, 1.165) is 6.07 Å². The van der Waals surface area contributed by atoms with Gasteiger partial charge in [0.1, 0.15) is 27.8 Å². The fourth-order valence-corrected chi connectivity index (χ4v) is 6.51. The van der Waals surface area contributed by atoms with Crippen molar-refractivity contribution in [1.29, 1.82) is 10.8 Å². The minimum Gasteiger partial charge on any atom is -0.502 e. The number of aromatic nitrogens is 1. The van der Waals surface area contributed by atoms with Crippen LogP contribution in [0.5, 0.6) is 5.75 Å². The number of hydrogen-bond acceptors (Lipinski definition) is 9. The van der Waals surface area contributed by atoms with E-state index in [1.165, 1.54) is 24.0 Å². The van der Waals surface area contributed by atoms with Crippen LogP contribution >= 0.6 is 11.8 Å². The van der Waals surface area contributed by atoms with Crippen molar-refractivity contribution in [3.8, 4) is 5.75 Å². The molecule has 2 aromatic rings. The highest BCUT2D eigenvalue weighted by atomic mass is 32.2. The second-order valence-corrected chi connectivity index (χ2v) is 10.5. The van der Waals surface area contributed by atoms with Crippen molar-refractivity contribution in [3.63, 3.8) is 0 Å². The Morgan fingerprint density at radius 1 is 1.32 bits per heavy atom. The Balaban J connectivity index is 1.48. The highest BCUT2D eigenvalue weighted by Gasteiger charge is 2.79. The summed E-state index contributed by atoms with van der Waals surface area (Å²) >= 11 is 0.565. The topological polar surface area (TPSA) is 149 Å². The Kier molecular flexibility index (Phi) is 5.66. The predicted molar refractivity (Wildman–Crippen MR) is 131 cm³/mol. The Labute approximate surface area is 213 Å². The van der Waals surface area contributed by atoms with Gasteiger partial charge in [0, 0.05) is 25.7 Å². The van der Waals surface area contributed by atoms with Gasteiger partial charge in [-0.05, 0) is 36.8 Å². The third kappa shape index (κ3) is 3.47. The normalized spacial score (nSPS) is 25.4. The van der Waals surface area contributed by atoms with Gasteiger partial charge in [0.15, 0.2) is 11.4 Å². The monoisotopic (exact) mass is 531 g/mol. The second kappa shape index (κ2) is 8.40. The van der Waals surface area contributed by atoms with Crippen LogP contribution in [0.3, 0.4) is 0 Å². The van der Waals surface area contributed by atoms with Crippen molar-refractivity contribution in [2.24, 2.45) is 11.3 Å². The van der Waals surface area contributed by atoms with Crippen LogP contribution in [0.4, 0.5) is 8.78 Å². The minimum absolute atomic E-state index is 0.0119. The van der Waals surface area contributed by atoms with E-state index in [2.05, 4.69) is 5.32 Å². The summed E-state index contributed by atoms with van der Waals surface area (Å²) in [6, 6.07) is 2.94. The SMILES string of the molecule is COC(=O)C12CC1CCC21NC(=O)c2c(O)c(=O)c(C(=N)SC(=N)Cc3ccc(F)cc3F)cn2N1C. The predicted octanol–water partition coefficient (Wildman–Crippen LogP) is 2.09. The summed E-state index contributed by atoms with van der Waals surface area (Å²) in [6.07, 6.45) is 2.58. The van der Waals surface area contributed by atoms with Gasteiger partial charge in [0.05, 0.1) is 17.7 Å². The summed E-state index contributed by atoms with van der Waals surface area (Å²) in [5, 5.41) is 31.1. The molecule has 1 spiro atoms. The molecule has 3 unspecified atom stereocenters. The number of carbonyl (C=O) groups is 2. The second-order valence-electron chi connectivity index (χ2n) is 9.42. The lowest BCUT2D eigenvalue weighted by Crippen LogP contribution is -2.72. The average Bonchev–Trinajstić information content (AvgIpc) is 3.51. The molecule has 194 valence electrons. The van der Waals surface area contributed by atoms with Gasteiger partial charge >= 0.3 is 5.97 Å². The lowest BCUT2D eigenvalue weighted by atomic mass is 9.88. The third-order valence-electron chi connectivity index (χ3n) is 7.66. The van der Waals surface area contributed by atoms with Crippen LogP contribution in [0.1, 0.15) is 40.9 Å². The number of amides is 1. The molecule has 0 radical (unpaired) electrons. The third-order valence-corrected chi connectivity index (χ3v) is 8.47. The van der Waals surface area contributed by atoms with Gasteiger partial charge in [0.2, 0.25) is 5.43 Å². The number of carbonyl (C=O) groups excluding carboxylic acids is 2. The number of pyridine rings is 1. The molecule has 0 bridgehead atoms. The molecular formula is C24H23F2N5O5S. The zero-order valence-corrected chi connectivity index (χ0v) is 20.7. The van der Waals surface area contributed by atoms with Crippen LogP contribution in [0.15, 0.2) is 29.2 Å². The quantitative estimate of drug-likeness (QED) is 0.268. The van der Waals surface area contributed by atoms with Gasteiger partial charge in [-0.2, -0.15) is 0 Å². The van der Waals surface area contributed by atoms with Crippen LogP contribution in [0.2, 0.25) is 0 Å². The molecule has 37 heavy (non-hydrogen) atoms. The Morgan fingerprint density at radius 2 is 2.05 bits per heavy atom. The zero-order chi connectivity index (χ0) is 26.9. The first-order valence-electron chi connectivity index (χ1n) is 11.4. The Bertz CT molecular complexity index is 1460. The van der Waals surface area contributed by atoms with E-state index in [0.29, 0.717) is 37.1 Å². The maximum atomic E-state index is 14.0. The number of aromatic hydroxyl groups is 1. The molecule has 3 aliphatic rings. The van der Waals surface area contributed by atoms with Gasteiger partial charge in [-0.25, -0.2) is 8.78 Å². The first kappa shape index (κ1) is 24.9. The summed E-state index contributed by atoms with van der Waals surface area (Å²) in [4.78, 5) is 38.9. The molecule has 2 fully saturated rings. The number of ether oxygens (including phenoxy) is 1. The largest absolute Gasteiger partial charge is 0.502 e. The van der Waals surface area contributed by atoms with Crippen molar-refractivity contribution >= 4 is 33.7 Å². The molecular weight excluding hydrogens is 508 g/mol. The number of thioether (sulfide) groups is 1. The van der Waals surface area contributed by atoms with E-state index in [1.54, 1.807) is 12.1 Å². The number of benzene rings is 1. The molecule has 2 aliphatic carbocycles. The van der Waals surface area contributed by atoms with Gasteiger partial charge < -0.3 is 15.2 Å². The summed E-state index contributed by atoms with van der Waals surface area (Å²) in [7, 11) is 2.89. The molecule has 13 heteroatoms. The molecule has 0 saturated heterocycles. The van der Waals surface area contributed by atoms with Crippen molar-refractivity contribution in [2.45, 2.75) is 31.3 Å². The molecule has 2 heterocycles. The lowest BCUT2D eigenvalue weighted by molar-refractivity contribution is -0.151. The van der Waals surface area contributed by atoms with Gasteiger partial charge in [-0.15, -0.1) is 0 Å². The molecule has 1 amide bonds. The lowest BCUT2D eigenvalue weighted by Gasteiger charge is -2.50. The Morgan fingerprint density at radius 3 is 2.70 bits per heavy atom. The van der Waals surface area contributed by atoms with Crippen LogP contribution in [0.25, 0.3) is 0 Å².